The highest BCUT2D eigenvalue weighted by Crippen LogP contribution is 2.35. The summed E-state index contributed by atoms with van der Waals surface area (Å²) in [5, 5.41) is 0. The third kappa shape index (κ3) is 12.3. The Morgan fingerprint density at radius 2 is 1.17 bits per heavy atom. The predicted octanol–water partition coefficient (Wildman–Crippen LogP) is 7.25. The van der Waals surface area contributed by atoms with Crippen molar-refractivity contribution < 1.29 is 18.9 Å². The van der Waals surface area contributed by atoms with Crippen molar-refractivity contribution in [3.05, 3.63) is 0 Å². The number of ether oxygens (including phenoxy) is 4. The highest BCUT2D eigenvalue weighted by Gasteiger charge is 2.42. The molecule has 0 aromatic carbocycles. The molecule has 0 amide bonds. The number of hydrogen-bond acceptors (Lipinski definition) is 4. The number of rotatable bonds is 22. The van der Waals surface area contributed by atoms with E-state index in [2.05, 4.69) is 27.7 Å². The molecule has 4 nitrogen and oxygen atoms in total. The van der Waals surface area contributed by atoms with E-state index in [0.29, 0.717) is 31.8 Å². The lowest BCUT2D eigenvalue weighted by Gasteiger charge is -2.40. The third-order valence-electron chi connectivity index (χ3n) is 5.66. The van der Waals surface area contributed by atoms with Gasteiger partial charge in [-0.15, -0.1) is 0 Å². The molecule has 0 radical (unpaired) electrons. The Bertz CT molecular complexity index is 335. The maximum atomic E-state index is 6.36. The van der Waals surface area contributed by atoms with Crippen molar-refractivity contribution >= 4 is 0 Å². The topological polar surface area (TPSA) is 40.2 Å². The molecule has 29 heavy (non-hydrogen) atoms. The molecule has 1 rings (SSSR count). The molecule has 0 bridgehead atoms. The first-order chi connectivity index (χ1) is 14.2. The number of epoxide rings is 1. The van der Waals surface area contributed by atoms with Gasteiger partial charge in [-0.05, 0) is 38.5 Å². The zero-order valence-corrected chi connectivity index (χ0v) is 20.0. The molecule has 4 heteroatoms. The van der Waals surface area contributed by atoms with Crippen molar-refractivity contribution in [2.75, 3.05) is 26.4 Å². The second-order valence-electron chi connectivity index (χ2n) is 8.64. The van der Waals surface area contributed by atoms with Gasteiger partial charge in [-0.2, -0.15) is 0 Å². The van der Waals surface area contributed by atoms with Crippen molar-refractivity contribution in [2.24, 2.45) is 5.92 Å². The highest BCUT2D eigenvalue weighted by atomic mass is 16.9. The largest absolute Gasteiger partial charge is 0.373 e. The van der Waals surface area contributed by atoms with Crippen LogP contribution in [0.4, 0.5) is 0 Å². The Kier molecular flexibility index (Phi) is 16.2. The first kappa shape index (κ1) is 26.9. The zero-order valence-electron chi connectivity index (χ0n) is 20.0. The van der Waals surface area contributed by atoms with E-state index in [1.807, 2.05) is 0 Å². The second-order valence-corrected chi connectivity index (χ2v) is 8.64. The molecule has 0 N–H and O–H groups in total. The van der Waals surface area contributed by atoms with E-state index in [0.717, 1.165) is 38.7 Å². The summed E-state index contributed by atoms with van der Waals surface area (Å²) in [6, 6.07) is 0. The van der Waals surface area contributed by atoms with Crippen LogP contribution in [0.2, 0.25) is 0 Å². The Morgan fingerprint density at radius 1 is 0.690 bits per heavy atom. The Labute approximate surface area is 181 Å². The maximum absolute atomic E-state index is 6.36. The fourth-order valence-electron chi connectivity index (χ4n) is 3.88. The van der Waals surface area contributed by atoms with E-state index >= 15 is 0 Å². The normalized spacial score (nSPS) is 17.6. The molecule has 2 unspecified atom stereocenters. The standard InChI is InChI=1S/C25H50O4/c1-5-9-10-11-12-13-16-23(17-14-15-18-24-22-26-24)25(27-19-6-2,28-20-7-3)29-21-8-4/h23-24H,5-22H2,1-4H3. The molecule has 0 aromatic rings. The summed E-state index contributed by atoms with van der Waals surface area (Å²) in [5.41, 5.74) is 0. The SMILES string of the molecule is CCCCCCCCC(CCCCC1CO1)C(OCCC)(OCCC)OCCC. The van der Waals surface area contributed by atoms with Gasteiger partial charge >= 0.3 is 0 Å². The van der Waals surface area contributed by atoms with Crippen molar-refractivity contribution in [1.29, 1.82) is 0 Å². The average molecular weight is 415 g/mol. The molecule has 0 aromatic heterocycles. The van der Waals surface area contributed by atoms with Crippen LogP contribution >= 0.6 is 0 Å². The van der Waals surface area contributed by atoms with Crippen LogP contribution in [0.3, 0.4) is 0 Å². The second kappa shape index (κ2) is 17.5. The molecule has 1 aliphatic heterocycles. The van der Waals surface area contributed by atoms with Gasteiger partial charge < -0.3 is 18.9 Å². The zero-order chi connectivity index (χ0) is 21.2. The van der Waals surface area contributed by atoms with Crippen molar-refractivity contribution in [3.63, 3.8) is 0 Å². The summed E-state index contributed by atoms with van der Waals surface area (Å²) >= 11 is 0. The van der Waals surface area contributed by atoms with Crippen LogP contribution in [0.25, 0.3) is 0 Å². The van der Waals surface area contributed by atoms with E-state index < -0.39 is 5.97 Å². The molecule has 1 saturated heterocycles. The summed E-state index contributed by atoms with van der Waals surface area (Å²) in [7, 11) is 0. The summed E-state index contributed by atoms with van der Waals surface area (Å²) in [6.07, 6.45) is 17.2. The fourth-order valence-corrected chi connectivity index (χ4v) is 3.88. The minimum atomic E-state index is -0.860. The quantitative estimate of drug-likeness (QED) is 0.106. The molecular formula is C25H50O4. The van der Waals surface area contributed by atoms with Gasteiger partial charge in [0.05, 0.1) is 32.5 Å². The monoisotopic (exact) mass is 414 g/mol. The number of hydrogen-bond donors (Lipinski definition) is 0. The smallest absolute Gasteiger partial charge is 0.285 e. The summed E-state index contributed by atoms with van der Waals surface area (Å²) in [4.78, 5) is 0. The lowest BCUT2D eigenvalue weighted by atomic mass is 9.91. The van der Waals surface area contributed by atoms with Gasteiger partial charge in [0.1, 0.15) is 0 Å². The van der Waals surface area contributed by atoms with Gasteiger partial charge in [-0.25, -0.2) is 0 Å². The molecule has 1 heterocycles. The minimum Gasteiger partial charge on any atom is -0.373 e. The molecule has 0 saturated carbocycles. The Morgan fingerprint density at radius 3 is 1.66 bits per heavy atom. The summed E-state index contributed by atoms with van der Waals surface area (Å²) in [5.74, 6) is -0.555. The molecular weight excluding hydrogens is 364 g/mol. The summed E-state index contributed by atoms with van der Waals surface area (Å²) in [6.45, 7) is 11.8. The summed E-state index contributed by atoms with van der Waals surface area (Å²) < 4.78 is 24.5. The predicted molar refractivity (Wildman–Crippen MR) is 121 cm³/mol. The van der Waals surface area contributed by atoms with Crippen LogP contribution in [0, 0.1) is 5.92 Å². The van der Waals surface area contributed by atoms with E-state index in [-0.39, 0.29) is 0 Å². The first-order valence-corrected chi connectivity index (χ1v) is 12.8. The van der Waals surface area contributed by atoms with Gasteiger partial charge in [0, 0.05) is 5.92 Å². The lowest BCUT2D eigenvalue weighted by Crippen LogP contribution is -2.47. The van der Waals surface area contributed by atoms with Crippen LogP contribution in [0.1, 0.15) is 118 Å². The third-order valence-corrected chi connectivity index (χ3v) is 5.66. The van der Waals surface area contributed by atoms with Gasteiger partial charge in [0.25, 0.3) is 5.97 Å². The molecule has 0 aliphatic carbocycles. The Hall–Kier alpha value is -0.160. The van der Waals surface area contributed by atoms with E-state index in [1.165, 1.54) is 57.8 Å². The first-order valence-electron chi connectivity index (χ1n) is 12.8. The van der Waals surface area contributed by atoms with Crippen LogP contribution in [0.5, 0.6) is 0 Å². The fraction of sp³-hybridized carbons (Fsp3) is 1.00. The van der Waals surface area contributed by atoms with E-state index in [1.54, 1.807) is 0 Å². The molecule has 2 atom stereocenters. The molecule has 174 valence electrons. The lowest BCUT2D eigenvalue weighted by molar-refractivity contribution is -0.406. The van der Waals surface area contributed by atoms with Gasteiger partial charge in [-0.1, -0.05) is 79.1 Å². The van der Waals surface area contributed by atoms with Gasteiger partial charge in [0.2, 0.25) is 0 Å². The molecule has 0 spiro atoms. The van der Waals surface area contributed by atoms with E-state index in [4.69, 9.17) is 18.9 Å². The van der Waals surface area contributed by atoms with Crippen LogP contribution in [0.15, 0.2) is 0 Å². The van der Waals surface area contributed by atoms with Crippen molar-refractivity contribution in [2.45, 2.75) is 130 Å². The van der Waals surface area contributed by atoms with Crippen LogP contribution in [-0.2, 0) is 18.9 Å². The van der Waals surface area contributed by atoms with Gasteiger partial charge in [0.15, 0.2) is 0 Å². The van der Waals surface area contributed by atoms with Crippen molar-refractivity contribution in [3.8, 4) is 0 Å². The number of unbranched alkanes of at least 4 members (excludes halogenated alkanes) is 6. The molecule has 1 aliphatic rings. The van der Waals surface area contributed by atoms with Crippen LogP contribution < -0.4 is 0 Å². The van der Waals surface area contributed by atoms with Crippen LogP contribution in [-0.4, -0.2) is 38.5 Å². The van der Waals surface area contributed by atoms with Gasteiger partial charge in [-0.3, -0.25) is 0 Å². The molecule has 1 fully saturated rings. The highest BCUT2D eigenvalue weighted by molar-refractivity contribution is 4.75. The minimum absolute atomic E-state index is 0.304. The average Bonchev–Trinajstić information content (AvgIpc) is 3.56. The Balaban J connectivity index is 2.71. The van der Waals surface area contributed by atoms with Crippen molar-refractivity contribution in [1.82, 2.24) is 0 Å². The van der Waals surface area contributed by atoms with E-state index in [9.17, 15) is 0 Å². The maximum Gasteiger partial charge on any atom is 0.285 e.